The van der Waals surface area contributed by atoms with E-state index in [2.05, 4.69) is 31.8 Å². The van der Waals surface area contributed by atoms with Gasteiger partial charge in [-0.05, 0) is 44.4 Å². The molecule has 8 heteroatoms. The highest BCUT2D eigenvalue weighted by Crippen LogP contribution is 2.19. The molecule has 7 nitrogen and oxygen atoms in total. The number of aromatic nitrogens is 3. The monoisotopic (exact) mass is 377 g/mol. The maximum absolute atomic E-state index is 11.7. The van der Waals surface area contributed by atoms with Gasteiger partial charge >= 0.3 is 0 Å². The summed E-state index contributed by atoms with van der Waals surface area (Å²) >= 11 is 0. The van der Waals surface area contributed by atoms with Gasteiger partial charge in [0.05, 0.1) is 17.1 Å². The summed E-state index contributed by atoms with van der Waals surface area (Å²) in [7, 11) is -3.14. The molecule has 0 amide bonds. The van der Waals surface area contributed by atoms with Gasteiger partial charge in [0, 0.05) is 44.6 Å². The van der Waals surface area contributed by atoms with Crippen molar-refractivity contribution in [2.45, 2.75) is 39.9 Å². The molecule has 1 aliphatic rings. The van der Waals surface area contributed by atoms with Crippen molar-refractivity contribution in [3.05, 3.63) is 47.5 Å². The summed E-state index contributed by atoms with van der Waals surface area (Å²) in [5.74, 6) is 0.451. The van der Waals surface area contributed by atoms with Crippen molar-refractivity contribution in [2.75, 3.05) is 18.8 Å². The minimum Gasteiger partial charge on any atom is -0.291 e. The highest BCUT2D eigenvalue weighted by molar-refractivity contribution is 7.89. The predicted octanol–water partition coefficient (Wildman–Crippen LogP) is 1.55. The Morgan fingerprint density at radius 1 is 1.27 bits per heavy atom. The van der Waals surface area contributed by atoms with Gasteiger partial charge < -0.3 is 0 Å². The molecule has 1 aliphatic heterocycles. The summed E-state index contributed by atoms with van der Waals surface area (Å²) in [5.41, 5.74) is 3.27. The van der Waals surface area contributed by atoms with E-state index in [0.717, 1.165) is 44.0 Å². The normalized spacial score (nSPS) is 18.5. The van der Waals surface area contributed by atoms with Crippen LogP contribution in [0.5, 0.6) is 0 Å². The van der Waals surface area contributed by atoms with Crippen LogP contribution in [0.1, 0.15) is 30.4 Å². The van der Waals surface area contributed by atoms with Crippen LogP contribution in [-0.4, -0.2) is 46.9 Å². The first-order valence-corrected chi connectivity index (χ1v) is 10.7. The third-order valence-corrected chi connectivity index (χ3v) is 6.13. The second kappa shape index (κ2) is 8.28. The minimum absolute atomic E-state index is 0.117. The van der Waals surface area contributed by atoms with Gasteiger partial charge in [-0.15, -0.1) is 0 Å². The van der Waals surface area contributed by atoms with E-state index in [4.69, 9.17) is 0 Å². The zero-order valence-electron chi connectivity index (χ0n) is 15.4. The first-order chi connectivity index (χ1) is 12.4. The molecule has 0 aromatic carbocycles. The van der Waals surface area contributed by atoms with Crippen LogP contribution in [0, 0.1) is 12.8 Å². The van der Waals surface area contributed by atoms with E-state index >= 15 is 0 Å². The Bertz CT molecular complexity index is 834. The summed E-state index contributed by atoms with van der Waals surface area (Å²) in [6.07, 6.45) is 2.62. The van der Waals surface area contributed by atoms with Crippen LogP contribution in [0.25, 0.3) is 0 Å². The summed E-state index contributed by atoms with van der Waals surface area (Å²) in [6, 6.07) is 8.15. The number of fused-ring (bicyclic) bond motifs is 1. The Kier molecular flexibility index (Phi) is 6.05. The minimum atomic E-state index is -3.14. The van der Waals surface area contributed by atoms with E-state index in [-0.39, 0.29) is 5.75 Å². The van der Waals surface area contributed by atoms with E-state index in [1.807, 2.05) is 29.9 Å². The molecule has 1 unspecified atom stereocenters. The molecule has 1 N–H and O–H groups in total. The molecule has 2 aromatic heterocycles. The Labute approximate surface area is 155 Å². The molecule has 2 aromatic rings. The fraction of sp³-hybridized carbons (Fsp3) is 0.556. The maximum atomic E-state index is 11.7. The molecule has 0 aliphatic carbocycles. The second-order valence-electron chi connectivity index (χ2n) is 6.90. The predicted molar refractivity (Wildman–Crippen MR) is 101 cm³/mol. The van der Waals surface area contributed by atoms with Gasteiger partial charge in [0.2, 0.25) is 10.0 Å². The maximum Gasteiger partial charge on any atom is 0.211 e. The smallest absolute Gasteiger partial charge is 0.211 e. The van der Waals surface area contributed by atoms with Crippen molar-refractivity contribution in [1.29, 1.82) is 0 Å². The topological polar surface area (TPSA) is 80.1 Å². The molecule has 26 heavy (non-hydrogen) atoms. The van der Waals surface area contributed by atoms with Gasteiger partial charge in [-0.3, -0.25) is 14.6 Å². The highest BCUT2D eigenvalue weighted by atomic mass is 32.2. The van der Waals surface area contributed by atoms with E-state index in [1.165, 1.54) is 5.69 Å². The van der Waals surface area contributed by atoms with Crippen LogP contribution < -0.4 is 4.72 Å². The molecule has 1 atom stereocenters. The lowest BCUT2D eigenvalue weighted by atomic mass is 10.1. The van der Waals surface area contributed by atoms with Crippen molar-refractivity contribution in [3.8, 4) is 0 Å². The number of nitrogens with one attached hydrogen (secondary N) is 1. The molecule has 142 valence electrons. The van der Waals surface area contributed by atoms with Crippen LogP contribution in [0.4, 0.5) is 0 Å². The molecule has 3 heterocycles. The largest absolute Gasteiger partial charge is 0.291 e. The molecule has 0 bridgehead atoms. The van der Waals surface area contributed by atoms with Crippen LogP contribution in [0.15, 0.2) is 30.5 Å². The van der Waals surface area contributed by atoms with Crippen molar-refractivity contribution in [1.82, 2.24) is 24.4 Å². The molecule has 0 spiro atoms. The Balaban J connectivity index is 1.68. The van der Waals surface area contributed by atoms with E-state index < -0.39 is 10.0 Å². The van der Waals surface area contributed by atoms with E-state index in [1.54, 1.807) is 6.92 Å². The van der Waals surface area contributed by atoms with Gasteiger partial charge in [0.15, 0.2) is 0 Å². The van der Waals surface area contributed by atoms with Gasteiger partial charge in [0.25, 0.3) is 0 Å². The fourth-order valence-electron chi connectivity index (χ4n) is 3.36. The summed E-state index contributed by atoms with van der Waals surface area (Å²) in [4.78, 5) is 6.99. The van der Waals surface area contributed by atoms with Crippen LogP contribution in [-0.2, 0) is 29.7 Å². The zero-order valence-corrected chi connectivity index (χ0v) is 16.2. The van der Waals surface area contributed by atoms with Crippen LogP contribution in [0.3, 0.4) is 0 Å². The average Bonchev–Trinajstić information content (AvgIpc) is 2.94. The zero-order chi connectivity index (χ0) is 18.6. The third kappa shape index (κ3) is 5.12. The van der Waals surface area contributed by atoms with Crippen molar-refractivity contribution in [3.63, 3.8) is 0 Å². The molecule has 0 radical (unpaired) electrons. The summed E-state index contributed by atoms with van der Waals surface area (Å²) in [6.45, 7) is 7.44. The van der Waals surface area contributed by atoms with Crippen LogP contribution >= 0.6 is 0 Å². The lowest BCUT2D eigenvalue weighted by Gasteiger charge is -2.23. The number of nitrogens with zero attached hydrogens (tertiary/aromatic N) is 4. The SMILES string of the molecule is CCS(=O)(=O)NCCC1CN(Cc2cccc(C)n2)Cc2ccnn2C1. The molecular formula is C18H27N5O2S. The Morgan fingerprint density at radius 2 is 2.12 bits per heavy atom. The van der Waals surface area contributed by atoms with Gasteiger partial charge in [-0.2, -0.15) is 5.10 Å². The lowest BCUT2D eigenvalue weighted by Crippen LogP contribution is -2.32. The van der Waals surface area contributed by atoms with Crippen molar-refractivity contribution >= 4 is 10.0 Å². The summed E-state index contributed by atoms with van der Waals surface area (Å²) in [5, 5.41) is 4.43. The van der Waals surface area contributed by atoms with Gasteiger partial charge in [-0.1, -0.05) is 6.07 Å². The first-order valence-electron chi connectivity index (χ1n) is 9.08. The number of hydrogen-bond donors (Lipinski definition) is 1. The Hall–Kier alpha value is -1.77. The number of aryl methyl sites for hydroxylation is 1. The fourth-order valence-corrected chi connectivity index (χ4v) is 3.99. The van der Waals surface area contributed by atoms with E-state index in [9.17, 15) is 8.42 Å². The molecule has 0 saturated carbocycles. The molecule has 3 rings (SSSR count). The molecule has 0 fully saturated rings. The molecule has 0 saturated heterocycles. The number of sulfonamides is 1. The molecular weight excluding hydrogens is 350 g/mol. The average molecular weight is 378 g/mol. The van der Waals surface area contributed by atoms with Gasteiger partial charge in [-0.25, -0.2) is 13.1 Å². The van der Waals surface area contributed by atoms with E-state index in [0.29, 0.717) is 12.5 Å². The Morgan fingerprint density at radius 3 is 2.88 bits per heavy atom. The standard InChI is InChI=1S/C18H27N5O2S/c1-3-26(24,25)20-10-7-16-11-22(13-17-6-4-5-15(2)21-17)14-18-8-9-19-23(18)12-16/h4-6,8-9,16,20H,3,7,10-14H2,1-2H3. The van der Waals surface area contributed by atoms with Crippen molar-refractivity contribution < 1.29 is 8.42 Å². The van der Waals surface area contributed by atoms with Crippen molar-refractivity contribution in [2.24, 2.45) is 5.92 Å². The lowest BCUT2D eigenvalue weighted by molar-refractivity contribution is 0.213. The first kappa shape index (κ1) is 19.0. The second-order valence-corrected chi connectivity index (χ2v) is 8.99. The summed E-state index contributed by atoms with van der Waals surface area (Å²) < 4.78 is 28.0. The number of rotatable bonds is 7. The highest BCUT2D eigenvalue weighted by Gasteiger charge is 2.23. The van der Waals surface area contributed by atoms with Crippen LogP contribution in [0.2, 0.25) is 0 Å². The number of hydrogen-bond acceptors (Lipinski definition) is 5. The number of pyridine rings is 1. The van der Waals surface area contributed by atoms with Gasteiger partial charge in [0.1, 0.15) is 0 Å². The third-order valence-electron chi connectivity index (χ3n) is 4.72. The quantitative estimate of drug-likeness (QED) is 0.792.